The zero-order chi connectivity index (χ0) is 36.9. The zero-order valence-corrected chi connectivity index (χ0v) is 30.7. The number of hydrogen-bond donors (Lipinski definition) is 0. The molecule has 0 saturated carbocycles. The molecule has 0 N–H and O–H groups in total. The van der Waals surface area contributed by atoms with E-state index in [-0.39, 0.29) is 5.41 Å². The molecule has 0 unspecified atom stereocenters. The van der Waals surface area contributed by atoms with Crippen molar-refractivity contribution in [3.8, 4) is 78.5 Å². The van der Waals surface area contributed by atoms with Gasteiger partial charge in [-0.1, -0.05) is 166 Å². The van der Waals surface area contributed by atoms with Crippen LogP contribution in [0.25, 0.3) is 89.4 Å². The number of rotatable bonds is 6. The van der Waals surface area contributed by atoms with Crippen molar-refractivity contribution < 1.29 is 0 Å². The smallest absolute Gasteiger partial charge is 0.160 e. The van der Waals surface area contributed by atoms with Crippen LogP contribution >= 0.6 is 0 Å². The first-order valence-electron chi connectivity index (χ1n) is 18.9. The lowest BCUT2D eigenvalue weighted by atomic mass is 9.82. The molecule has 2 aromatic heterocycles. The highest BCUT2D eigenvalue weighted by atomic mass is 14.9. The lowest BCUT2D eigenvalue weighted by Gasteiger charge is -2.22. The number of benzene rings is 7. The minimum atomic E-state index is -0.109. The Morgan fingerprint density at radius 2 is 0.818 bits per heavy atom. The van der Waals surface area contributed by atoms with Gasteiger partial charge in [0.1, 0.15) is 0 Å². The second-order valence-electron chi connectivity index (χ2n) is 14.9. The number of hydrogen-bond acceptors (Lipinski definition) is 3. The highest BCUT2D eigenvalue weighted by molar-refractivity contribution is 6.02. The first-order valence-corrected chi connectivity index (χ1v) is 18.9. The van der Waals surface area contributed by atoms with E-state index in [2.05, 4.69) is 190 Å². The first kappa shape index (κ1) is 32.7. The van der Waals surface area contributed by atoms with Gasteiger partial charge in [-0.3, -0.25) is 0 Å². The number of pyridine rings is 1. The predicted molar refractivity (Wildman–Crippen MR) is 228 cm³/mol. The fourth-order valence-electron chi connectivity index (χ4n) is 8.21. The summed E-state index contributed by atoms with van der Waals surface area (Å²) in [5.41, 5.74) is 17.7. The standard InChI is InChI=1S/C52H37N3/c1-52(2)45-27-13-12-26-41(45)43-30-44-42(31-47(34-16-6-3-7-17-34)53-50(44)32-46(43)52)39-24-14-22-37(28-39)38-23-15-25-40(29-38)51-54-48(35-18-8-4-9-19-35)33-49(55-51)36-20-10-5-11-21-36/h3-33H,1-2H3. The summed E-state index contributed by atoms with van der Waals surface area (Å²) in [6, 6.07) is 66.6. The molecule has 1 aliphatic rings. The van der Waals surface area contributed by atoms with Crippen LogP contribution in [0.3, 0.4) is 0 Å². The van der Waals surface area contributed by atoms with Crippen LogP contribution in [0.15, 0.2) is 188 Å². The van der Waals surface area contributed by atoms with Crippen LogP contribution in [-0.2, 0) is 5.41 Å². The maximum atomic E-state index is 5.31. The van der Waals surface area contributed by atoms with Crippen LogP contribution in [0, 0.1) is 0 Å². The van der Waals surface area contributed by atoms with Crippen LogP contribution in [-0.4, -0.2) is 15.0 Å². The Hall–Kier alpha value is -6.97. The molecule has 0 amide bonds. The van der Waals surface area contributed by atoms with Crippen LogP contribution < -0.4 is 0 Å². The molecule has 3 nitrogen and oxygen atoms in total. The third kappa shape index (κ3) is 5.82. The maximum Gasteiger partial charge on any atom is 0.160 e. The topological polar surface area (TPSA) is 38.7 Å². The number of fused-ring (bicyclic) bond motifs is 4. The summed E-state index contributed by atoms with van der Waals surface area (Å²) < 4.78 is 0. The van der Waals surface area contributed by atoms with Crippen molar-refractivity contribution in [3.05, 3.63) is 199 Å². The van der Waals surface area contributed by atoms with Gasteiger partial charge in [0, 0.05) is 33.1 Å². The Labute approximate surface area is 321 Å². The van der Waals surface area contributed by atoms with Crippen molar-refractivity contribution in [3.63, 3.8) is 0 Å². The normalized spacial score (nSPS) is 12.7. The van der Waals surface area contributed by atoms with E-state index < -0.39 is 0 Å². The molecule has 9 aromatic rings. The Bertz CT molecular complexity index is 2820. The highest BCUT2D eigenvalue weighted by Gasteiger charge is 2.35. The molecule has 2 heterocycles. The van der Waals surface area contributed by atoms with Gasteiger partial charge in [0.05, 0.1) is 22.6 Å². The van der Waals surface area contributed by atoms with E-state index in [4.69, 9.17) is 15.0 Å². The second-order valence-corrected chi connectivity index (χ2v) is 14.9. The summed E-state index contributed by atoms with van der Waals surface area (Å²) in [4.78, 5) is 15.5. The lowest BCUT2D eigenvalue weighted by Crippen LogP contribution is -2.14. The third-order valence-electron chi connectivity index (χ3n) is 11.1. The molecule has 0 bridgehead atoms. The molecule has 3 heteroatoms. The van der Waals surface area contributed by atoms with Crippen molar-refractivity contribution in [2.24, 2.45) is 0 Å². The summed E-state index contributed by atoms with van der Waals surface area (Å²) in [5, 5.41) is 1.15. The van der Waals surface area contributed by atoms with Gasteiger partial charge in [0.25, 0.3) is 0 Å². The van der Waals surface area contributed by atoms with E-state index in [1.54, 1.807) is 0 Å². The Kier molecular flexibility index (Phi) is 7.81. The Morgan fingerprint density at radius 3 is 1.44 bits per heavy atom. The molecule has 1 aliphatic carbocycles. The highest BCUT2D eigenvalue weighted by Crippen LogP contribution is 2.50. The van der Waals surface area contributed by atoms with Crippen LogP contribution in [0.2, 0.25) is 0 Å². The molecule has 10 rings (SSSR count). The molecular weight excluding hydrogens is 667 g/mol. The first-order chi connectivity index (χ1) is 27.0. The Balaban J connectivity index is 1.11. The Morgan fingerprint density at radius 1 is 0.327 bits per heavy atom. The molecule has 0 fully saturated rings. The zero-order valence-electron chi connectivity index (χ0n) is 30.7. The van der Waals surface area contributed by atoms with Crippen molar-refractivity contribution in [2.75, 3.05) is 0 Å². The summed E-state index contributed by atoms with van der Waals surface area (Å²) in [6.07, 6.45) is 0. The van der Waals surface area contributed by atoms with Gasteiger partial charge < -0.3 is 0 Å². The fourth-order valence-corrected chi connectivity index (χ4v) is 8.21. The molecule has 260 valence electrons. The van der Waals surface area contributed by atoms with Crippen molar-refractivity contribution >= 4 is 10.9 Å². The monoisotopic (exact) mass is 703 g/mol. The predicted octanol–water partition coefficient (Wildman–Crippen LogP) is 13.3. The molecule has 0 spiro atoms. The van der Waals surface area contributed by atoms with Gasteiger partial charge >= 0.3 is 0 Å². The van der Waals surface area contributed by atoms with E-state index in [9.17, 15) is 0 Å². The minimum Gasteiger partial charge on any atom is -0.248 e. The van der Waals surface area contributed by atoms with E-state index in [0.29, 0.717) is 5.82 Å². The molecule has 0 atom stereocenters. The van der Waals surface area contributed by atoms with Gasteiger partial charge in [-0.25, -0.2) is 15.0 Å². The lowest BCUT2D eigenvalue weighted by molar-refractivity contribution is 0.661. The van der Waals surface area contributed by atoms with E-state index in [1.807, 2.05) is 12.1 Å². The quantitative estimate of drug-likeness (QED) is 0.173. The van der Waals surface area contributed by atoms with Crippen LogP contribution in [0.5, 0.6) is 0 Å². The average Bonchev–Trinajstić information content (AvgIpc) is 3.48. The van der Waals surface area contributed by atoms with Gasteiger partial charge in [-0.2, -0.15) is 0 Å². The maximum absolute atomic E-state index is 5.31. The van der Waals surface area contributed by atoms with Gasteiger partial charge in [-0.15, -0.1) is 0 Å². The van der Waals surface area contributed by atoms with Gasteiger partial charge in [-0.05, 0) is 80.9 Å². The van der Waals surface area contributed by atoms with E-state index >= 15 is 0 Å². The molecule has 0 aliphatic heterocycles. The van der Waals surface area contributed by atoms with Crippen molar-refractivity contribution in [1.29, 1.82) is 0 Å². The molecule has 55 heavy (non-hydrogen) atoms. The molecular formula is C52H37N3. The van der Waals surface area contributed by atoms with Gasteiger partial charge in [0.2, 0.25) is 0 Å². The molecule has 0 radical (unpaired) electrons. The second kappa shape index (κ2) is 13.2. The van der Waals surface area contributed by atoms with Crippen LogP contribution in [0.1, 0.15) is 25.0 Å². The SMILES string of the molecule is CC1(C)c2ccccc2-c2cc3c(-c4cccc(-c5cccc(-c6nc(-c7ccccc7)cc(-c7ccccc7)n6)c5)c4)cc(-c4ccccc4)nc3cc21. The van der Waals surface area contributed by atoms with Gasteiger partial charge in [0.15, 0.2) is 5.82 Å². The third-order valence-corrected chi connectivity index (χ3v) is 11.1. The number of aromatic nitrogens is 3. The summed E-state index contributed by atoms with van der Waals surface area (Å²) in [5.74, 6) is 0.697. The molecule has 0 saturated heterocycles. The van der Waals surface area contributed by atoms with Crippen molar-refractivity contribution in [1.82, 2.24) is 15.0 Å². The summed E-state index contributed by atoms with van der Waals surface area (Å²) in [7, 11) is 0. The number of nitrogens with zero attached hydrogens (tertiary/aromatic N) is 3. The largest absolute Gasteiger partial charge is 0.248 e. The minimum absolute atomic E-state index is 0.109. The fraction of sp³-hybridized carbons (Fsp3) is 0.0577. The van der Waals surface area contributed by atoms with Crippen LogP contribution in [0.4, 0.5) is 0 Å². The average molecular weight is 704 g/mol. The summed E-state index contributed by atoms with van der Waals surface area (Å²) >= 11 is 0. The van der Waals surface area contributed by atoms with E-state index in [1.165, 1.54) is 27.8 Å². The molecule has 7 aromatic carbocycles. The summed E-state index contributed by atoms with van der Waals surface area (Å²) in [6.45, 7) is 4.66. The van der Waals surface area contributed by atoms with E-state index in [0.717, 1.165) is 66.9 Å². The van der Waals surface area contributed by atoms with Crippen molar-refractivity contribution in [2.45, 2.75) is 19.3 Å².